The highest BCUT2D eigenvalue weighted by Gasteiger charge is 2.09. The van der Waals surface area contributed by atoms with Crippen LogP contribution >= 0.6 is 11.6 Å². The van der Waals surface area contributed by atoms with Gasteiger partial charge in [0.25, 0.3) is 0 Å². The van der Waals surface area contributed by atoms with E-state index in [4.69, 9.17) is 17.3 Å². The highest BCUT2D eigenvalue weighted by Crippen LogP contribution is 2.19. The van der Waals surface area contributed by atoms with E-state index < -0.39 is 0 Å². The first-order valence-corrected chi connectivity index (χ1v) is 7.39. The van der Waals surface area contributed by atoms with Crippen LogP contribution in [0.15, 0.2) is 54.6 Å². The van der Waals surface area contributed by atoms with Crippen molar-refractivity contribution in [3.63, 3.8) is 0 Å². The molecule has 2 N–H and O–H groups in total. The van der Waals surface area contributed by atoms with Crippen LogP contribution in [0.25, 0.3) is 0 Å². The van der Waals surface area contributed by atoms with Crippen LogP contribution in [0.1, 0.15) is 24.9 Å². The van der Waals surface area contributed by atoms with Crippen LogP contribution in [-0.2, 0) is 0 Å². The standard InChI is InChI=1S/C17H21ClN2/c1-2-20(16-6-4-3-5-7-16)13-12-17(19)14-8-10-15(18)11-9-14/h3-11,17H,2,12-13,19H2,1H3. The largest absolute Gasteiger partial charge is 0.372 e. The van der Waals surface area contributed by atoms with Crippen molar-refractivity contribution in [1.29, 1.82) is 0 Å². The zero-order valence-electron chi connectivity index (χ0n) is 11.8. The molecule has 0 saturated carbocycles. The van der Waals surface area contributed by atoms with E-state index in [0.29, 0.717) is 0 Å². The van der Waals surface area contributed by atoms with Gasteiger partial charge in [-0.3, -0.25) is 0 Å². The Morgan fingerprint density at radius 3 is 2.30 bits per heavy atom. The molecule has 0 bridgehead atoms. The Hall–Kier alpha value is -1.51. The molecule has 20 heavy (non-hydrogen) atoms. The van der Waals surface area contributed by atoms with Crippen LogP contribution in [0.3, 0.4) is 0 Å². The van der Waals surface area contributed by atoms with Gasteiger partial charge < -0.3 is 10.6 Å². The van der Waals surface area contributed by atoms with Gasteiger partial charge in [0.2, 0.25) is 0 Å². The van der Waals surface area contributed by atoms with Gasteiger partial charge >= 0.3 is 0 Å². The molecule has 2 nitrogen and oxygen atoms in total. The van der Waals surface area contributed by atoms with Gasteiger partial charge in [-0.25, -0.2) is 0 Å². The van der Waals surface area contributed by atoms with Gasteiger partial charge in [-0.2, -0.15) is 0 Å². The molecule has 0 aliphatic heterocycles. The maximum Gasteiger partial charge on any atom is 0.0406 e. The minimum atomic E-state index is 0.0463. The average Bonchev–Trinajstić information content (AvgIpc) is 2.49. The fraction of sp³-hybridized carbons (Fsp3) is 0.294. The molecule has 1 atom stereocenters. The minimum absolute atomic E-state index is 0.0463. The highest BCUT2D eigenvalue weighted by molar-refractivity contribution is 6.30. The van der Waals surface area contributed by atoms with E-state index in [-0.39, 0.29) is 6.04 Å². The van der Waals surface area contributed by atoms with Crippen molar-refractivity contribution in [3.8, 4) is 0 Å². The predicted molar refractivity (Wildman–Crippen MR) is 87.3 cm³/mol. The summed E-state index contributed by atoms with van der Waals surface area (Å²) in [5, 5.41) is 0.750. The van der Waals surface area contributed by atoms with E-state index in [0.717, 1.165) is 30.1 Å². The van der Waals surface area contributed by atoms with E-state index in [1.807, 2.05) is 30.3 Å². The van der Waals surface area contributed by atoms with Gasteiger partial charge in [-0.15, -0.1) is 0 Å². The van der Waals surface area contributed by atoms with Crippen molar-refractivity contribution in [3.05, 3.63) is 65.2 Å². The number of rotatable bonds is 6. The van der Waals surface area contributed by atoms with Crippen molar-refractivity contribution >= 4 is 17.3 Å². The maximum absolute atomic E-state index is 6.26. The maximum atomic E-state index is 6.26. The number of para-hydroxylation sites is 1. The lowest BCUT2D eigenvalue weighted by atomic mass is 10.0. The highest BCUT2D eigenvalue weighted by atomic mass is 35.5. The summed E-state index contributed by atoms with van der Waals surface area (Å²) in [6.45, 7) is 4.10. The van der Waals surface area contributed by atoms with Crippen molar-refractivity contribution in [2.24, 2.45) is 5.73 Å². The zero-order valence-corrected chi connectivity index (χ0v) is 12.6. The summed E-state index contributed by atoms with van der Waals surface area (Å²) in [6.07, 6.45) is 0.921. The third kappa shape index (κ3) is 3.99. The van der Waals surface area contributed by atoms with Gasteiger partial charge in [0.15, 0.2) is 0 Å². The molecule has 0 heterocycles. The second kappa shape index (κ2) is 7.32. The molecule has 106 valence electrons. The third-order valence-electron chi connectivity index (χ3n) is 3.51. The number of anilines is 1. The Balaban J connectivity index is 1.94. The van der Waals surface area contributed by atoms with Crippen LogP contribution in [0.5, 0.6) is 0 Å². The van der Waals surface area contributed by atoms with Crippen LogP contribution < -0.4 is 10.6 Å². The number of halogens is 1. The van der Waals surface area contributed by atoms with E-state index in [9.17, 15) is 0 Å². The molecule has 0 saturated heterocycles. The summed E-state index contributed by atoms with van der Waals surface area (Å²) in [5.74, 6) is 0. The average molecular weight is 289 g/mol. The number of nitrogens with two attached hydrogens (primary N) is 1. The molecular formula is C17H21ClN2. The Bertz CT molecular complexity index is 510. The fourth-order valence-electron chi connectivity index (χ4n) is 2.28. The molecule has 0 spiro atoms. The number of nitrogens with zero attached hydrogens (tertiary/aromatic N) is 1. The van der Waals surface area contributed by atoms with Gasteiger partial charge in [-0.05, 0) is 43.2 Å². The molecule has 0 amide bonds. The molecule has 0 aromatic heterocycles. The topological polar surface area (TPSA) is 29.3 Å². The van der Waals surface area contributed by atoms with Crippen molar-refractivity contribution in [2.75, 3.05) is 18.0 Å². The van der Waals surface area contributed by atoms with Gasteiger partial charge in [0, 0.05) is 29.8 Å². The minimum Gasteiger partial charge on any atom is -0.372 e. The van der Waals surface area contributed by atoms with E-state index in [1.54, 1.807) is 0 Å². The van der Waals surface area contributed by atoms with Crippen LogP contribution in [0.4, 0.5) is 5.69 Å². The van der Waals surface area contributed by atoms with Crippen LogP contribution in [0.2, 0.25) is 5.02 Å². The molecule has 1 unspecified atom stereocenters. The van der Waals surface area contributed by atoms with Gasteiger partial charge in [0.1, 0.15) is 0 Å². The first-order valence-electron chi connectivity index (χ1n) is 7.01. The first kappa shape index (κ1) is 14.9. The summed E-state index contributed by atoms with van der Waals surface area (Å²) < 4.78 is 0. The van der Waals surface area contributed by atoms with E-state index in [1.165, 1.54) is 5.69 Å². The molecule has 0 aliphatic rings. The second-order valence-electron chi connectivity index (χ2n) is 4.86. The lowest BCUT2D eigenvalue weighted by molar-refractivity contribution is 0.632. The third-order valence-corrected chi connectivity index (χ3v) is 3.76. The molecule has 3 heteroatoms. The van der Waals surface area contributed by atoms with Crippen molar-refractivity contribution in [1.82, 2.24) is 0 Å². The van der Waals surface area contributed by atoms with Crippen LogP contribution in [-0.4, -0.2) is 13.1 Å². The molecule has 0 aliphatic carbocycles. The molecule has 0 fully saturated rings. The fourth-order valence-corrected chi connectivity index (χ4v) is 2.41. The van der Waals surface area contributed by atoms with Gasteiger partial charge in [0.05, 0.1) is 0 Å². The quantitative estimate of drug-likeness (QED) is 0.861. The number of hydrogen-bond acceptors (Lipinski definition) is 2. The number of hydrogen-bond donors (Lipinski definition) is 1. The SMILES string of the molecule is CCN(CCC(N)c1ccc(Cl)cc1)c1ccccc1. The molecular weight excluding hydrogens is 268 g/mol. The number of benzene rings is 2. The summed E-state index contributed by atoms with van der Waals surface area (Å²) >= 11 is 5.90. The summed E-state index contributed by atoms with van der Waals surface area (Å²) in [6, 6.07) is 18.3. The van der Waals surface area contributed by atoms with Crippen molar-refractivity contribution in [2.45, 2.75) is 19.4 Å². The zero-order chi connectivity index (χ0) is 14.4. The summed E-state index contributed by atoms with van der Waals surface area (Å²) in [5.41, 5.74) is 8.64. The molecule has 2 aromatic carbocycles. The predicted octanol–water partition coefficient (Wildman–Crippen LogP) is 4.26. The summed E-state index contributed by atoms with van der Waals surface area (Å²) in [7, 11) is 0. The van der Waals surface area contributed by atoms with E-state index >= 15 is 0 Å². The normalized spacial score (nSPS) is 12.2. The summed E-state index contributed by atoms with van der Waals surface area (Å²) in [4.78, 5) is 2.34. The monoisotopic (exact) mass is 288 g/mol. The van der Waals surface area contributed by atoms with Gasteiger partial charge in [-0.1, -0.05) is 41.9 Å². The molecule has 0 radical (unpaired) electrons. The molecule has 2 aromatic rings. The van der Waals surface area contributed by atoms with Crippen molar-refractivity contribution < 1.29 is 0 Å². The van der Waals surface area contributed by atoms with Crippen LogP contribution in [0, 0.1) is 0 Å². The Kier molecular flexibility index (Phi) is 5.45. The van der Waals surface area contributed by atoms with E-state index in [2.05, 4.69) is 36.1 Å². The lowest BCUT2D eigenvalue weighted by Crippen LogP contribution is -2.27. The smallest absolute Gasteiger partial charge is 0.0406 e. The molecule has 2 rings (SSSR count). The Morgan fingerprint density at radius 1 is 1.05 bits per heavy atom. The Morgan fingerprint density at radius 2 is 1.70 bits per heavy atom. The lowest BCUT2D eigenvalue weighted by Gasteiger charge is -2.25. The first-order chi connectivity index (χ1) is 9.70. The second-order valence-corrected chi connectivity index (χ2v) is 5.30. The Labute approximate surface area is 126 Å².